The number of unbranched alkanes of at least 4 members (excludes halogenated alkanes) is 25. The summed E-state index contributed by atoms with van der Waals surface area (Å²) < 4.78 is 17.7. The van der Waals surface area contributed by atoms with Crippen LogP contribution in [0.3, 0.4) is 0 Å². The maximum Gasteiger partial charge on any atom is 0.306 e. The minimum atomic E-state index is -1.63. The van der Waals surface area contributed by atoms with Gasteiger partial charge < -0.3 is 45.1 Å². The molecule has 0 aromatic heterocycles. The Morgan fingerprint density at radius 1 is 0.455 bits per heavy atom. The van der Waals surface area contributed by atoms with Crippen LogP contribution >= 0.6 is 0 Å². The largest absolute Gasteiger partial charge is 0.454 e. The molecule has 11 nitrogen and oxygen atoms in total. The van der Waals surface area contributed by atoms with Gasteiger partial charge in [-0.3, -0.25) is 9.59 Å². The molecule has 11 heteroatoms. The van der Waals surface area contributed by atoms with Gasteiger partial charge in [-0.1, -0.05) is 289 Å². The van der Waals surface area contributed by atoms with E-state index in [0.717, 1.165) is 161 Å². The van der Waals surface area contributed by atoms with Crippen molar-refractivity contribution < 1.29 is 49.3 Å². The third kappa shape index (κ3) is 49.6. The van der Waals surface area contributed by atoms with Crippen molar-refractivity contribution in [2.45, 2.75) is 327 Å². The summed E-state index contributed by atoms with van der Waals surface area (Å²) in [5.41, 5.74) is 0. The molecule has 88 heavy (non-hydrogen) atoms. The molecule has 0 radical (unpaired) electrons. The van der Waals surface area contributed by atoms with Crippen LogP contribution in [0.5, 0.6) is 0 Å². The molecule has 0 aliphatic carbocycles. The molecule has 0 aromatic rings. The summed E-state index contributed by atoms with van der Waals surface area (Å²) in [4.78, 5) is 26.7. The maximum atomic E-state index is 13.5. The van der Waals surface area contributed by atoms with Gasteiger partial charge in [0, 0.05) is 6.42 Å². The van der Waals surface area contributed by atoms with Gasteiger partial charge in [0.15, 0.2) is 12.4 Å². The summed E-state index contributed by atoms with van der Waals surface area (Å²) in [5, 5.41) is 57.3. The quantitative estimate of drug-likeness (QED) is 0.0195. The number of nitrogens with one attached hydrogen (secondary N) is 1. The van der Waals surface area contributed by atoms with Crippen molar-refractivity contribution in [2.24, 2.45) is 0 Å². The van der Waals surface area contributed by atoms with E-state index in [2.05, 4.69) is 148 Å². The molecule has 1 amide bonds. The van der Waals surface area contributed by atoms with Crippen LogP contribution in [0, 0.1) is 0 Å². The summed E-state index contributed by atoms with van der Waals surface area (Å²) in [6.07, 6.45) is 79.1. The van der Waals surface area contributed by atoms with Crippen LogP contribution in [0.1, 0.15) is 278 Å². The first-order chi connectivity index (χ1) is 43.2. The Hall–Kier alpha value is -4.20. The molecule has 1 rings (SSSR count). The van der Waals surface area contributed by atoms with Crippen LogP contribution < -0.4 is 5.32 Å². The van der Waals surface area contributed by atoms with Gasteiger partial charge in [-0.05, 0) is 116 Å². The fraction of sp³-hybridized carbons (Fsp3) is 0.688. The first kappa shape index (κ1) is 81.8. The molecule has 0 saturated carbocycles. The molecule has 6 N–H and O–H groups in total. The summed E-state index contributed by atoms with van der Waals surface area (Å²) in [5.74, 6) is -1.22. The lowest BCUT2D eigenvalue weighted by Gasteiger charge is -2.41. The number of amides is 1. The molecule has 0 spiro atoms. The minimum absolute atomic E-state index is 0.107. The van der Waals surface area contributed by atoms with Crippen molar-refractivity contribution in [2.75, 3.05) is 13.2 Å². The van der Waals surface area contributed by atoms with Crippen LogP contribution in [0.2, 0.25) is 0 Å². The lowest BCUT2D eigenvalue weighted by molar-refractivity contribution is -0.305. The van der Waals surface area contributed by atoms with E-state index in [1.807, 2.05) is 6.08 Å². The lowest BCUT2D eigenvalue weighted by Crippen LogP contribution is -2.61. The lowest BCUT2D eigenvalue weighted by atomic mass is 9.99. The van der Waals surface area contributed by atoms with Gasteiger partial charge in [-0.2, -0.15) is 0 Å². The second-order valence-corrected chi connectivity index (χ2v) is 23.9. The van der Waals surface area contributed by atoms with Crippen LogP contribution in [-0.2, 0) is 23.8 Å². The second kappa shape index (κ2) is 63.0. The monoisotopic (exact) mass is 1230 g/mol. The maximum absolute atomic E-state index is 13.5. The molecule has 1 saturated heterocycles. The van der Waals surface area contributed by atoms with E-state index < -0.39 is 67.4 Å². The predicted octanol–water partition coefficient (Wildman–Crippen LogP) is 18.3. The van der Waals surface area contributed by atoms with Crippen molar-refractivity contribution in [1.29, 1.82) is 0 Å². The van der Waals surface area contributed by atoms with Gasteiger partial charge in [0.05, 0.1) is 25.4 Å². The molecule has 1 aliphatic heterocycles. The van der Waals surface area contributed by atoms with Crippen LogP contribution in [-0.4, -0.2) is 99.6 Å². The highest BCUT2D eigenvalue weighted by Crippen LogP contribution is 2.26. The summed E-state index contributed by atoms with van der Waals surface area (Å²) >= 11 is 0. The number of allylic oxidation sites excluding steroid dienone is 21. The van der Waals surface area contributed by atoms with E-state index in [0.29, 0.717) is 12.8 Å². The van der Waals surface area contributed by atoms with Crippen LogP contribution in [0.4, 0.5) is 0 Å². The SMILES string of the molecule is CC/C=C\C/C=C\C/C=C\C/C=C\C/C=C\CCCCCCCCCCCC(=O)OC1C(OCC(NC(=O)C(O)CCCCCCCC/C=C\C/C=C\C/C=C\C/C=C\C/C=C\CC)C(O)/C=C/CCCCCCCCCCCC)OC(CO)C(O)C1O. The number of esters is 1. The minimum Gasteiger partial charge on any atom is -0.454 e. The summed E-state index contributed by atoms with van der Waals surface area (Å²) in [7, 11) is 0. The zero-order chi connectivity index (χ0) is 63.9. The normalized spacial score (nSPS) is 19.0. The molecule has 1 heterocycles. The number of carbonyl (C=O) groups is 2. The molecular formula is C77H129NO10. The fourth-order valence-electron chi connectivity index (χ4n) is 10.3. The van der Waals surface area contributed by atoms with E-state index in [9.17, 15) is 35.1 Å². The molecule has 1 fully saturated rings. The highest BCUT2D eigenvalue weighted by atomic mass is 16.7. The molecule has 8 atom stereocenters. The van der Waals surface area contributed by atoms with E-state index in [4.69, 9.17) is 14.2 Å². The molecule has 1 aliphatic rings. The Morgan fingerprint density at radius 2 is 0.818 bits per heavy atom. The highest BCUT2D eigenvalue weighted by Gasteiger charge is 2.47. The Morgan fingerprint density at radius 3 is 1.23 bits per heavy atom. The van der Waals surface area contributed by atoms with Gasteiger partial charge in [0.2, 0.25) is 5.91 Å². The van der Waals surface area contributed by atoms with Crippen molar-refractivity contribution in [3.05, 3.63) is 134 Å². The van der Waals surface area contributed by atoms with E-state index in [-0.39, 0.29) is 19.4 Å². The topological polar surface area (TPSA) is 175 Å². The van der Waals surface area contributed by atoms with E-state index in [1.54, 1.807) is 6.08 Å². The number of rotatable bonds is 59. The van der Waals surface area contributed by atoms with Crippen LogP contribution in [0.15, 0.2) is 134 Å². The Kier molecular flexibility index (Phi) is 58.5. The summed E-state index contributed by atoms with van der Waals surface area (Å²) in [6, 6.07) is -1.04. The zero-order valence-electron chi connectivity index (χ0n) is 55.8. The number of hydrogen-bond donors (Lipinski definition) is 6. The zero-order valence-corrected chi connectivity index (χ0v) is 55.8. The predicted molar refractivity (Wildman–Crippen MR) is 370 cm³/mol. The van der Waals surface area contributed by atoms with Crippen molar-refractivity contribution in [1.82, 2.24) is 5.32 Å². The fourth-order valence-corrected chi connectivity index (χ4v) is 10.3. The average molecular weight is 1230 g/mol. The molecule has 502 valence electrons. The van der Waals surface area contributed by atoms with E-state index in [1.165, 1.54) is 70.6 Å². The van der Waals surface area contributed by atoms with Gasteiger partial charge in [-0.15, -0.1) is 0 Å². The van der Waals surface area contributed by atoms with Crippen molar-refractivity contribution >= 4 is 11.9 Å². The van der Waals surface area contributed by atoms with Gasteiger partial charge in [0.25, 0.3) is 0 Å². The van der Waals surface area contributed by atoms with Gasteiger partial charge >= 0.3 is 5.97 Å². The third-order valence-electron chi connectivity index (χ3n) is 15.8. The van der Waals surface area contributed by atoms with Crippen molar-refractivity contribution in [3.63, 3.8) is 0 Å². The Bertz CT molecular complexity index is 1950. The van der Waals surface area contributed by atoms with Gasteiger partial charge in [-0.25, -0.2) is 0 Å². The first-order valence-electron chi connectivity index (χ1n) is 35.5. The van der Waals surface area contributed by atoms with Gasteiger partial charge in [0.1, 0.15) is 24.4 Å². The van der Waals surface area contributed by atoms with Crippen molar-refractivity contribution in [3.8, 4) is 0 Å². The third-order valence-corrected chi connectivity index (χ3v) is 15.8. The standard InChI is InChI=1S/C77H129NO10/c1-4-7-10-13-16-19-22-25-27-29-31-33-35-36-37-39-41-43-45-47-50-53-56-59-62-65-72(82)88-75-74(84)73(83)71(66-79)87-77(75)86-67-68(69(80)63-60-57-54-51-48-24-21-18-15-12-9-6-3)78-76(85)70(81)64-61-58-55-52-49-46-44-42-40-38-34-32-30-28-26-23-20-17-14-11-8-5-2/h7-8,10-11,16-17,19-20,25-28,31-34,36-37,40,42,60,63,68-71,73-75,77,79-81,83-84H,4-6,9,12-15,18,21-24,29-30,35,38-39,41,43-59,61-62,64-67H2,1-3H3,(H,78,85)/b10-7-,11-8-,19-16-,20-17-,27-25-,28-26-,33-31-,34-32-,37-36-,42-40-,63-60+. The molecule has 0 bridgehead atoms. The van der Waals surface area contributed by atoms with Crippen LogP contribution in [0.25, 0.3) is 0 Å². The Balaban J connectivity index is 2.60. The summed E-state index contributed by atoms with van der Waals surface area (Å²) in [6.45, 7) is 5.56. The Labute approximate surface area is 537 Å². The molecule has 8 unspecified atom stereocenters. The first-order valence-corrected chi connectivity index (χ1v) is 35.5. The molecular weight excluding hydrogens is 1100 g/mol. The number of hydrogen-bond acceptors (Lipinski definition) is 10. The van der Waals surface area contributed by atoms with E-state index >= 15 is 0 Å². The number of ether oxygens (including phenoxy) is 3. The molecule has 0 aromatic carbocycles. The second-order valence-electron chi connectivity index (χ2n) is 23.9. The highest BCUT2D eigenvalue weighted by molar-refractivity contribution is 5.80. The number of carbonyl (C=O) groups excluding carboxylic acids is 2. The average Bonchev–Trinajstić information content (AvgIpc) is 2.54. The smallest absolute Gasteiger partial charge is 0.306 e. The number of aliphatic hydroxyl groups excluding tert-OH is 5. The number of aliphatic hydroxyl groups is 5.